The van der Waals surface area contributed by atoms with E-state index in [4.69, 9.17) is 9.15 Å². The Hall–Kier alpha value is -1.61. The van der Waals surface area contributed by atoms with Gasteiger partial charge in [-0.15, -0.1) is 0 Å². The third kappa shape index (κ3) is 4.52. The number of carbonyl (C=O) groups excluding carboxylic acids is 1. The third-order valence-corrected chi connectivity index (χ3v) is 4.01. The second-order valence-electron chi connectivity index (χ2n) is 3.78. The van der Waals surface area contributed by atoms with Crippen molar-refractivity contribution in [1.82, 2.24) is 9.29 Å². The lowest BCUT2D eigenvalue weighted by atomic mass is 10.5. The minimum absolute atomic E-state index is 0.0415. The number of sulfonamides is 1. The summed E-state index contributed by atoms with van der Waals surface area (Å²) < 4.78 is 33.8. The van der Waals surface area contributed by atoms with Crippen LogP contribution in [0.2, 0.25) is 0 Å². The standard InChI is InChI=1S/C10H17N3O5S/c1-4-17-9(14)8-7-18-10(12-8)11-5-6-19(15,16)13(2)3/h7H,4-6H2,1-3H3,(H,11,12). The molecule has 0 aromatic carbocycles. The first-order valence-electron chi connectivity index (χ1n) is 5.63. The number of aromatic nitrogens is 1. The first-order chi connectivity index (χ1) is 8.86. The van der Waals surface area contributed by atoms with Gasteiger partial charge < -0.3 is 14.5 Å². The van der Waals surface area contributed by atoms with Crippen molar-refractivity contribution in [3.05, 3.63) is 12.0 Å². The fourth-order valence-electron chi connectivity index (χ4n) is 1.12. The predicted molar refractivity (Wildman–Crippen MR) is 68.4 cm³/mol. The molecule has 0 unspecified atom stereocenters. The lowest BCUT2D eigenvalue weighted by molar-refractivity contribution is 0.0519. The van der Waals surface area contributed by atoms with E-state index in [-0.39, 0.29) is 30.6 Å². The molecule has 1 aromatic rings. The summed E-state index contributed by atoms with van der Waals surface area (Å²) in [6, 6.07) is 0.0806. The maximum Gasteiger partial charge on any atom is 0.360 e. The van der Waals surface area contributed by atoms with E-state index in [1.165, 1.54) is 14.1 Å². The number of nitrogens with zero attached hydrogens (tertiary/aromatic N) is 2. The van der Waals surface area contributed by atoms with Crippen molar-refractivity contribution in [3.63, 3.8) is 0 Å². The third-order valence-electron chi connectivity index (χ3n) is 2.18. The van der Waals surface area contributed by atoms with Crippen LogP contribution < -0.4 is 5.32 Å². The van der Waals surface area contributed by atoms with E-state index in [2.05, 4.69) is 10.3 Å². The first kappa shape index (κ1) is 15.4. The summed E-state index contributed by atoms with van der Waals surface area (Å²) >= 11 is 0. The molecule has 0 atom stereocenters. The summed E-state index contributed by atoms with van der Waals surface area (Å²) in [4.78, 5) is 15.1. The van der Waals surface area contributed by atoms with Gasteiger partial charge in [0.2, 0.25) is 10.0 Å². The van der Waals surface area contributed by atoms with E-state index in [1.54, 1.807) is 6.92 Å². The lowest BCUT2D eigenvalue weighted by Gasteiger charge is -2.10. The number of nitrogens with one attached hydrogen (secondary N) is 1. The lowest BCUT2D eigenvalue weighted by Crippen LogP contribution is -2.28. The van der Waals surface area contributed by atoms with Gasteiger partial charge in [0, 0.05) is 20.6 Å². The van der Waals surface area contributed by atoms with Crippen LogP contribution in [0.5, 0.6) is 0 Å². The first-order valence-corrected chi connectivity index (χ1v) is 7.24. The Morgan fingerprint density at radius 2 is 2.21 bits per heavy atom. The molecule has 1 N–H and O–H groups in total. The molecule has 0 aliphatic carbocycles. The molecule has 1 heterocycles. The molecular weight excluding hydrogens is 274 g/mol. The molecule has 0 saturated carbocycles. The zero-order valence-corrected chi connectivity index (χ0v) is 11.9. The maximum absolute atomic E-state index is 11.5. The summed E-state index contributed by atoms with van der Waals surface area (Å²) in [5.74, 6) is -0.683. The smallest absolute Gasteiger partial charge is 0.360 e. The Balaban J connectivity index is 2.49. The Kier molecular flexibility index (Phi) is 5.31. The predicted octanol–water partition coefficient (Wildman–Crippen LogP) is 0.155. The summed E-state index contributed by atoms with van der Waals surface area (Å²) in [5.41, 5.74) is 0.0415. The van der Waals surface area contributed by atoms with Gasteiger partial charge >= 0.3 is 5.97 Å². The molecule has 19 heavy (non-hydrogen) atoms. The molecule has 108 valence electrons. The zero-order valence-electron chi connectivity index (χ0n) is 11.0. The number of rotatable bonds is 7. The van der Waals surface area contributed by atoms with E-state index in [9.17, 15) is 13.2 Å². The van der Waals surface area contributed by atoms with Crippen molar-refractivity contribution >= 4 is 22.0 Å². The molecule has 0 radical (unpaired) electrons. The quantitative estimate of drug-likeness (QED) is 0.714. The Morgan fingerprint density at radius 3 is 2.79 bits per heavy atom. The van der Waals surface area contributed by atoms with E-state index in [1.807, 2.05) is 0 Å². The Bertz CT molecular complexity index is 523. The highest BCUT2D eigenvalue weighted by atomic mass is 32.2. The largest absolute Gasteiger partial charge is 0.461 e. The summed E-state index contributed by atoms with van der Waals surface area (Å²) in [7, 11) is -0.361. The number of carbonyl (C=O) groups is 1. The Morgan fingerprint density at radius 1 is 1.53 bits per heavy atom. The molecular formula is C10H17N3O5S. The monoisotopic (exact) mass is 291 g/mol. The van der Waals surface area contributed by atoms with Gasteiger partial charge in [0.15, 0.2) is 5.69 Å². The molecule has 0 aliphatic rings. The van der Waals surface area contributed by atoms with Crippen LogP contribution in [0.3, 0.4) is 0 Å². The molecule has 0 amide bonds. The minimum Gasteiger partial charge on any atom is -0.461 e. The molecule has 0 fully saturated rings. The van der Waals surface area contributed by atoms with E-state index in [0.29, 0.717) is 0 Å². The van der Waals surface area contributed by atoms with Crippen molar-refractivity contribution in [3.8, 4) is 0 Å². The highest BCUT2D eigenvalue weighted by Crippen LogP contribution is 2.08. The summed E-state index contributed by atoms with van der Waals surface area (Å²) in [5, 5.41) is 2.68. The van der Waals surface area contributed by atoms with Crippen molar-refractivity contribution in [1.29, 1.82) is 0 Å². The molecule has 1 rings (SSSR count). The van der Waals surface area contributed by atoms with Crippen LogP contribution >= 0.6 is 0 Å². The fraction of sp³-hybridized carbons (Fsp3) is 0.600. The van der Waals surface area contributed by atoms with Crippen LogP contribution in [-0.4, -0.2) is 56.7 Å². The number of ether oxygens (including phenoxy) is 1. The second kappa shape index (κ2) is 6.53. The minimum atomic E-state index is -3.28. The van der Waals surface area contributed by atoms with Crippen molar-refractivity contribution in [2.45, 2.75) is 6.92 Å². The molecule has 0 spiro atoms. The number of anilines is 1. The van der Waals surface area contributed by atoms with Gasteiger partial charge in [-0.2, -0.15) is 4.98 Å². The van der Waals surface area contributed by atoms with Gasteiger partial charge in [-0.1, -0.05) is 0 Å². The molecule has 9 heteroatoms. The van der Waals surface area contributed by atoms with Gasteiger partial charge in [0.25, 0.3) is 6.01 Å². The van der Waals surface area contributed by atoms with Crippen LogP contribution in [0.4, 0.5) is 6.01 Å². The molecule has 0 bridgehead atoms. The van der Waals surface area contributed by atoms with E-state index in [0.717, 1.165) is 10.6 Å². The van der Waals surface area contributed by atoms with Gasteiger partial charge in [0.1, 0.15) is 6.26 Å². The van der Waals surface area contributed by atoms with Gasteiger partial charge in [-0.3, -0.25) is 0 Å². The number of hydrogen-bond donors (Lipinski definition) is 1. The summed E-state index contributed by atoms with van der Waals surface area (Å²) in [6.45, 7) is 2.06. The van der Waals surface area contributed by atoms with Gasteiger partial charge in [0.05, 0.1) is 12.4 Å². The molecule has 0 saturated heterocycles. The Labute approximate surface area is 111 Å². The van der Waals surface area contributed by atoms with Crippen LogP contribution in [0, 0.1) is 0 Å². The number of hydrogen-bond acceptors (Lipinski definition) is 7. The molecule has 1 aromatic heterocycles. The van der Waals surface area contributed by atoms with Crippen molar-refractivity contribution < 1.29 is 22.4 Å². The van der Waals surface area contributed by atoms with E-state index < -0.39 is 16.0 Å². The SMILES string of the molecule is CCOC(=O)c1coc(NCCS(=O)(=O)N(C)C)n1. The van der Waals surface area contributed by atoms with Gasteiger partial charge in [-0.25, -0.2) is 17.5 Å². The molecule has 8 nitrogen and oxygen atoms in total. The van der Waals surface area contributed by atoms with E-state index >= 15 is 0 Å². The topological polar surface area (TPSA) is 102 Å². The summed E-state index contributed by atoms with van der Waals surface area (Å²) in [6.07, 6.45) is 1.15. The number of oxazole rings is 1. The van der Waals surface area contributed by atoms with Crippen molar-refractivity contribution in [2.24, 2.45) is 0 Å². The second-order valence-corrected chi connectivity index (χ2v) is 6.09. The zero-order chi connectivity index (χ0) is 14.5. The normalized spacial score (nSPS) is 11.6. The highest BCUT2D eigenvalue weighted by molar-refractivity contribution is 7.89. The van der Waals surface area contributed by atoms with Gasteiger partial charge in [-0.05, 0) is 6.92 Å². The van der Waals surface area contributed by atoms with Crippen LogP contribution in [0.15, 0.2) is 10.7 Å². The molecule has 0 aliphatic heterocycles. The number of esters is 1. The maximum atomic E-state index is 11.5. The van der Waals surface area contributed by atoms with Crippen molar-refractivity contribution in [2.75, 3.05) is 38.3 Å². The average molecular weight is 291 g/mol. The highest BCUT2D eigenvalue weighted by Gasteiger charge is 2.15. The average Bonchev–Trinajstić information content (AvgIpc) is 2.77. The van der Waals surface area contributed by atoms with Crippen LogP contribution in [0.1, 0.15) is 17.4 Å². The fourth-order valence-corrected chi connectivity index (χ4v) is 1.85. The van der Waals surface area contributed by atoms with Crippen LogP contribution in [0.25, 0.3) is 0 Å². The van der Waals surface area contributed by atoms with Crippen LogP contribution in [-0.2, 0) is 14.8 Å².